The van der Waals surface area contributed by atoms with Crippen molar-refractivity contribution < 1.29 is 27.5 Å². The molecule has 0 saturated carbocycles. The minimum Gasteiger partial charge on any atom is -0.456 e. The monoisotopic (exact) mass is 432 g/mol. The minimum absolute atomic E-state index is 0.0331. The number of nitrogens with one attached hydrogen (secondary N) is 2. The van der Waals surface area contributed by atoms with E-state index in [1.165, 1.54) is 12.1 Å². The van der Waals surface area contributed by atoms with Crippen molar-refractivity contribution >= 4 is 27.7 Å². The van der Waals surface area contributed by atoms with Crippen molar-refractivity contribution in [2.75, 3.05) is 19.7 Å². The van der Waals surface area contributed by atoms with E-state index >= 15 is 0 Å². The van der Waals surface area contributed by atoms with E-state index in [4.69, 9.17) is 4.74 Å². The number of amides is 1. The number of hydrogen-bond acceptors (Lipinski definition) is 6. The van der Waals surface area contributed by atoms with Gasteiger partial charge in [0.25, 0.3) is 0 Å². The van der Waals surface area contributed by atoms with Crippen LogP contribution < -0.4 is 10.0 Å². The molecule has 2 aromatic rings. The smallest absolute Gasteiger partial charge is 0.325 e. The molecule has 0 saturated heterocycles. The summed E-state index contributed by atoms with van der Waals surface area (Å²) >= 11 is 0. The van der Waals surface area contributed by atoms with Gasteiger partial charge >= 0.3 is 5.97 Å². The number of ether oxygens (including phenoxy) is 1. The van der Waals surface area contributed by atoms with Gasteiger partial charge in [-0.2, -0.15) is 0 Å². The van der Waals surface area contributed by atoms with E-state index in [1.807, 2.05) is 26.0 Å². The summed E-state index contributed by atoms with van der Waals surface area (Å²) in [6, 6.07) is 13.1. The lowest BCUT2D eigenvalue weighted by Crippen LogP contribution is -2.39. The molecular formula is C21H24N2O6S. The van der Waals surface area contributed by atoms with Crippen molar-refractivity contribution in [2.45, 2.75) is 25.2 Å². The number of Topliss-reactive ketones (excluding diaryl/α,β-unsaturated/α-hetero) is 1. The van der Waals surface area contributed by atoms with Crippen molar-refractivity contribution in [3.63, 3.8) is 0 Å². The molecule has 0 atom stereocenters. The summed E-state index contributed by atoms with van der Waals surface area (Å²) in [6.45, 7) is 2.37. The molecular weight excluding hydrogens is 408 g/mol. The van der Waals surface area contributed by atoms with Crippen LogP contribution in [0.15, 0.2) is 53.4 Å². The van der Waals surface area contributed by atoms with E-state index in [0.29, 0.717) is 5.56 Å². The molecule has 0 heterocycles. The Bertz CT molecular complexity index is 999. The van der Waals surface area contributed by atoms with E-state index in [2.05, 4.69) is 10.0 Å². The Balaban J connectivity index is 1.72. The molecule has 0 spiro atoms. The van der Waals surface area contributed by atoms with Crippen LogP contribution in [-0.4, -0.2) is 45.8 Å². The summed E-state index contributed by atoms with van der Waals surface area (Å²) in [6.07, 6.45) is 0.852. The summed E-state index contributed by atoms with van der Waals surface area (Å²) in [7, 11) is -3.84. The highest BCUT2D eigenvalue weighted by Crippen LogP contribution is 2.09. The van der Waals surface area contributed by atoms with Crippen molar-refractivity contribution in [3.05, 3.63) is 65.2 Å². The second-order valence-corrected chi connectivity index (χ2v) is 8.32. The van der Waals surface area contributed by atoms with Crippen molar-refractivity contribution in [2.24, 2.45) is 0 Å². The third-order valence-electron chi connectivity index (χ3n) is 4.23. The lowest BCUT2D eigenvalue weighted by Gasteiger charge is -2.08. The zero-order valence-corrected chi connectivity index (χ0v) is 17.6. The average Bonchev–Trinajstić information content (AvgIpc) is 2.75. The van der Waals surface area contributed by atoms with Gasteiger partial charge in [0.15, 0.2) is 12.4 Å². The normalized spacial score (nSPS) is 11.0. The topological polar surface area (TPSA) is 119 Å². The van der Waals surface area contributed by atoms with Gasteiger partial charge in [-0.25, -0.2) is 13.1 Å². The van der Waals surface area contributed by atoms with Crippen LogP contribution in [0.1, 0.15) is 28.4 Å². The van der Waals surface area contributed by atoms with Gasteiger partial charge in [-0.1, -0.05) is 48.9 Å². The fourth-order valence-electron chi connectivity index (χ4n) is 2.40. The molecule has 2 N–H and O–H groups in total. The Morgan fingerprint density at radius 1 is 0.933 bits per heavy atom. The highest BCUT2D eigenvalue weighted by atomic mass is 32.2. The standard InChI is InChI=1S/C21H24N2O6S/c1-3-16-6-8-17(9-7-16)19(24)14-29-21(26)13-22-20(25)12-23-30(27,28)18-10-4-15(2)5-11-18/h4-11,23H,3,12-14H2,1-2H3,(H,22,25). The first kappa shape index (κ1) is 23.2. The number of hydrogen-bond donors (Lipinski definition) is 2. The molecule has 0 bridgehead atoms. The summed E-state index contributed by atoms with van der Waals surface area (Å²) in [5.74, 6) is -1.87. The SMILES string of the molecule is CCc1ccc(C(=O)COC(=O)CNC(=O)CNS(=O)(=O)c2ccc(C)cc2)cc1. The van der Waals surface area contributed by atoms with E-state index in [0.717, 1.165) is 17.5 Å². The van der Waals surface area contributed by atoms with E-state index in [9.17, 15) is 22.8 Å². The number of ketones is 1. The fourth-order valence-corrected chi connectivity index (χ4v) is 3.38. The largest absolute Gasteiger partial charge is 0.456 e. The van der Waals surface area contributed by atoms with Crippen LogP contribution in [0.5, 0.6) is 0 Å². The second-order valence-electron chi connectivity index (χ2n) is 6.55. The number of carbonyl (C=O) groups is 3. The van der Waals surface area contributed by atoms with Gasteiger partial charge in [0.2, 0.25) is 15.9 Å². The van der Waals surface area contributed by atoms with Gasteiger partial charge in [0.1, 0.15) is 6.54 Å². The van der Waals surface area contributed by atoms with Gasteiger partial charge in [-0.3, -0.25) is 14.4 Å². The first-order valence-electron chi connectivity index (χ1n) is 9.32. The maximum atomic E-state index is 12.1. The predicted octanol–water partition coefficient (Wildman–Crippen LogP) is 1.38. The van der Waals surface area contributed by atoms with Crippen molar-refractivity contribution in [1.82, 2.24) is 10.0 Å². The molecule has 2 aromatic carbocycles. The Hall–Kier alpha value is -3.04. The summed E-state index contributed by atoms with van der Waals surface area (Å²) in [5, 5.41) is 2.24. The molecule has 2 rings (SSSR count). The Labute approximate surface area is 175 Å². The molecule has 0 aliphatic rings. The fraction of sp³-hybridized carbons (Fsp3) is 0.286. The highest BCUT2D eigenvalue weighted by Gasteiger charge is 2.16. The van der Waals surface area contributed by atoms with Gasteiger partial charge in [-0.15, -0.1) is 0 Å². The molecule has 30 heavy (non-hydrogen) atoms. The van der Waals surface area contributed by atoms with Gasteiger partial charge in [0, 0.05) is 5.56 Å². The Kier molecular flexibility index (Phi) is 8.25. The molecule has 0 aromatic heterocycles. The molecule has 0 aliphatic carbocycles. The van der Waals surface area contributed by atoms with Crippen LogP contribution in [0.3, 0.4) is 0 Å². The zero-order chi connectivity index (χ0) is 22.1. The summed E-state index contributed by atoms with van der Waals surface area (Å²) < 4.78 is 31.2. The molecule has 0 fully saturated rings. The van der Waals surface area contributed by atoms with Crippen LogP contribution in [-0.2, 0) is 30.8 Å². The first-order chi connectivity index (χ1) is 14.2. The maximum Gasteiger partial charge on any atom is 0.325 e. The number of esters is 1. The number of carbonyl (C=O) groups excluding carboxylic acids is 3. The molecule has 9 heteroatoms. The first-order valence-corrected chi connectivity index (χ1v) is 10.8. The predicted molar refractivity (Wildman–Crippen MR) is 110 cm³/mol. The number of rotatable bonds is 10. The van der Waals surface area contributed by atoms with E-state index in [1.54, 1.807) is 24.3 Å². The third kappa shape index (κ3) is 7.09. The molecule has 1 amide bonds. The lowest BCUT2D eigenvalue weighted by atomic mass is 10.1. The maximum absolute atomic E-state index is 12.1. The molecule has 0 aliphatic heterocycles. The van der Waals surface area contributed by atoms with Crippen molar-refractivity contribution in [3.8, 4) is 0 Å². The van der Waals surface area contributed by atoms with Crippen LogP contribution >= 0.6 is 0 Å². The highest BCUT2D eigenvalue weighted by molar-refractivity contribution is 7.89. The van der Waals surface area contributed by atoms with Crippen molar-refractivity contribution in [1.29, 1.82) is 0 Å². The van der Waals surface area contributed by atoms with Gasteiger partial charge < -0.3 is 10.1 Å². The number of benzene rings is 2. The molecule has 0 radical (unpaired) electrons. The van der Waals surface area contributed by atoms with Gasteiger partial charge in [-0.05, 0) is 31.0 Å². The quantitative estimate of drug-likeness (QED) is 0.432. The summed E-state index contributed by atoms with van der Waals surface area (Å²) in [5.41, 5.74) is 2.42. The number of aryl methyl sites for hydroxylation is 2. The Morgan fingerprint density at radius 2 is 1.57 bits per heavy atom. The minimum atomic E-state index is -3.84. The van der Waals surface area contributed by atoms with Crippen LogP contribution in [0.25, 0.3) is 0 Å². The molecule has 160 valence electrons. The van der Waals surface area contributed by atoms with Crippen LogP contribution in [0.2, 0.25) is 0 Å². The van der Waals surface area contributed by atoms with E-state index in [-0.39, 0.29) is 10.7 Å². The molecule has 8 nitrogen and oxygen atoms in total. The number of sulfonamides is 1. The van der Waals surface area contributed by atoms with Crippen LogP contribution in [0.4, 0.5) is 0 Å². The Morgan fingerprint density at radius 3 is 2.17 bits per heavy atom. The second kappa shape index (κ2) is 10.7. The molecule has 0 unspecified atom stereocenters. The van der Waals surface area contributed by atoms with E-state index < -0.39 is 41.6 Å². The van der Waals surface area contributed by atoms with Crippen LogP contribution in [0, 0.1) is 6.92 Å². The third-order valence-corrected chi connectivity index (χ3v) is 5.65. The van der Waals surface area contributed by atoms with Gasteiger partial charge in [0.05, 0.1) is 11.4 Å². The zero-order valence-electron chi connectivity index (χ0n) is 16.8. The lowest BCUT2D eigenvalue weighted by molar-refractivity contribution is -0.142. The average molecular weight is 432 g/mol. The summed E-state index contributed by atoms with van der Waals surface area (Å²) in [4.78, 5) is 35.5.